The van der Waals surface area contributed by atoms with Crippen LogP contribution in [0.15, 0.2) is 43.0 Å². The van der Waals surface area contributed by atoms with Crippen molar-refractivity contribution in [3.63, 3.8) is 0 Å². The van der Waals surface area contributed by atoms with E-state index in [0.29, 0.717) is 0 Å². The van der Waals surface area contributed by atoms with Gasteiger partial charge in [0, 0.05) is 0 Å². The van der Waals surface area contributed by atoms with E-state index in [0.717, 1.165) is 5.56 Å². The van der Waals surface area contributed by atoms with Crippen molar-refractivity contribution in [3.8, 4) is 0 Å². The van der Waals surface area contributed by atoms with E-state index in [1.807, 2.05) is 38.1 Å². The summed E-state index contributed by atoms with van der Waals surface area (Å²) in [5.74, 6) is 0. The average molecular weight is 176 g/mol. The zero-order chi connectivity index (χ0) is 9.68. The second-order valence-electron chi connectivity index (χ2n) is 3.25. The topological polar surface area (TPSA) is 9.23 Å². The molecule has 0 saturated carbocycles. The molecule has 0 heterocycles. The Labute approximate surface area is 80.0 Å². The predicted octanol–water partition coefficient (Wildman–Crippen LogP) is 3.34. The first kappa shape index (κ1) is 10.0. The van der Waals surface area contributed by atoms with Crippen molar-refractivity contribution in [1.82, 2.24) is 0 Å². The second-order valence-corrected chi connectivity index (χ2v) is 3.25. The standard InChI is InChI=1S/C12H16O/c1-4-12(13-10(2)3)11-8-6-5-7-9-11/h4-10,12H,1H2,2-3H3. The zero-order valence-corrected chi connectivity index (χ0v) is 8.23. The minimum Gasteiger partial charge on any atom is -0.367 e. The Bertz CT molecular complexity index is 251. The molecular weight excluding hydrogens is 160 g/mol. The van der Waals surface area contributed by atoms with Crippen LogP contribution in [0.3, 0.4) is 0 Å². The van der Waals surface area contributed by atoms with E-state index in [9.17, 15) is 0 Å². The van der Waals surface area contributed by atoms with Gasteiger partial charge in [-0.25, -0.2) is 0 Å². The Morgan fingerprint density at radius 2 is 1.85 bits per heavy atom. The third kappa shape index (κ3) is 3.03. The lowest BCUT2D eigenvalue weighted by atomic mass is 10.1. The van der Waals surface area contributed by atoms with E-state index >= 15 is 0 Å². The van der Waals surface area contributed by atoms with Gasteiger partial charge in [0.1, 0.15) is 6.10 Å². The quantitative estimate of drug-likeness (QED) is 0.639. The molecule has 0 amide bonds. The molecule has 0 fully saturated rings. The van der Waals surface area contributed by atoms with Gasteiger partial charge in [0.2, 0.25) is 0 Å². The molecule has 0 spiro atoms. The van der Waals surface area contributed by atoms with Gasteiger partial charge in [-0.2, -0.15) is 0 Å². The highest BCUT2D eigenvalue weighted by atomic mass is 16.5. The van der Waals surface area contributed by atoms with E-state index < -0.39 is 0 Å². The summed E-state index contributed by atoms with van der Waals surface area (Å²) in [6, 6.07) is 10.1. The third-order valence-corrected chi connectivity index (χ3v) is 1.76. The van der Waals surface area contributed by atoms with Crippen LogP contribution in [-0.2, 0) is 4.74 Å². The van der Waals surface area contributed by atoms with Gasteiger partial charge in [-0.3, -0.25) is 0 Å². The molecule has 0 saturated heterocycles. The van der Waals surface area contributed by atoms with Gasteiger partial charge >= 0.3 is 0 Å². The van der Waals surface area contributed by atoms with Crippen LogP contribution in [0.1, 0.15) is 25.5 Å². The number of ether oxygens (including phenoxy) is 1. The maximum atomic E-state index is 5.67. The number of hydrogen-bond donors (Lipinski definition) is 0. The maximum Gasteiger partial charge on any atom is 0.101 e. The first-order valence-electron chi connectivity index (χ1n) is 4.57. The lowest BCUT2D eigenvalue weighted by Gasteiger charge is -2.16. The van der Waals surface area contributed by atoms with Gasteiger partial charge in [-0.05, 0) is 19.4 Å². The van der Waals surface area contributed by atoms with Crippen molar-refractivity contribution in [2.45, 2.75) is 26.1 Å². The molecular formula is C12H16O. The number of rotatable bonds is 4. The molecule has 0 aliphatic heterocycles. The summed E-state index contributed by atoms with van der Waals surface area (Å²) in [5.41, 5.74) is 1.16. The van der Waals surface area contributed by atoms with Crippen LogP contribution in [0.4, 0.5) is 0 Å². The number of hydrogen-bond acceptors (Lipinski definition) is 1. The highest BCUT2D eigenvalue weighted by Gasteiger charge is 2.08. The summed E-state index contributed by atoms with van der Waals surface area (Å²) >= 11 is 0. The minimum atomic E-state index is 0.0150. The molecule has 0 aromatic heterocycles. The fourth-order valence-corrected chi connectivity index (χ4v) is 1.21. The molecule has 0 aliphatic carbocycles. The van der Waals surface area contributed by atoms with Crippen LogP contribution in [-0.4, -0.2) is 6.10 Å². The average Bonchev–Trinajstić information content (AvgIpc) is 2.15. The first-order chi connectivity index (χ1) is 6.24. The highest BCUT2D eigenvalue weighted by Crippen LogP contribution is 2.19. The molecule has 70 valence electrons. The van der Waals surface area contributed by atoms with Gasteiger partial charge < -0.3 is 4.74 Å². The second kappa shape index (κ2) is 4.83. The van der Waals surface area contributed by atoms with Gasteiger partial charge in [0.25, 0.3) is 0 Å². The monoisotopic (exact) mass is 176 g/mol. The summed E-state index contributed by atoms with van der Waals surface area (Å²) in [5, 5.41) is 0. The zero-order valence-electron chi connectivity index (χ0n) is 8.23. The van der Waals surface area contributed by atoms with Crippen LogP contribution in [0.2, 0.25) is 0 Å². The van der Waals surface area contributed by atoms with Crippen molar-refractivity contribution >= 4 is 0 Å². The van der Waals surface area contributed by atoms with Crippen LogP contribution < -0.4 is 0 Å². The molecule has 0 aliphatic rings. The Morgan fingerprint density at radius 1 is 1.23 bits per heavy atom. The van der Waals surface area contributed by atoms with E-state index in [4.69, 9.17) is 4.74 Å². The smallest absolute Gasteiger partial charge is 0.101 e. The molecule has 1 rings (SSSR count). The summed E-state index contributed by atoms with van der Waals surface area (Å²) in [7, 11) is 0. The van der Waals surface area contributed by atoms with E-state index in [-0.39, 0.29) is 12.2 Å². The molecule has 1 heteroatoms. The summed E-state index contributed by atoms with van der Waals surface area (Å²) in [6.07, 6.45) is 2.07. The fourth-order valence-electron chi connectivity index (χ4n) is 1.21. The maximum absolute atomic E-state index is 5.67. The van der Waals surface area contributed by atoms with Gasteiger partial charge in [0.05, 0.1) is 6.10 Å². The molecule has 1 atom stereocenters. The molecule has 13 heavy (non-hydrogen) atoms. The van der Waals surface area contributed by atoms with Crippen LogP contribution >= 0.6 is 0 Å². The Balaban J connectivity index is 2.73. The largest absolute Gasteiger partial charge is 0.367 e. The van der Waals surface area contributed by atoms with Crippen LogP contribution in [0.5, 0.6) is 0 Å². The van der Waals surface area contributed by atoms with Crippen molar-refractivity contribution < 1.29 is 4.74 Å². The lowest BCUT2D eigenvalue weighted by Crippen LogP contribution is -2.08. The Morgan fingerprint density at radius 3 is 2.31 bits per heavy atom. The molecule has 0 radical (unpaired) electrons. The van der Waals surface area contributed by atoms with Gasteiger partial charge in [-0.1, -0.05) is 36.4 Å². The van der Waals surface area contributed by atoms with E-state index in [1.165, 1.54) is 0 Å². The third-order valence-electron chi connectivity index (χ3n) is 1.76. The minimum absolute atomic E-state index is 0.0150. The van der Waals surface area contributed by atoms with Crippen molar-refractivity contribution in [2.24, 2.45) is 0 Å². The molecule has 0 bridgehead atoms. The van der Waals surface area contributed by atoms with Crippen molar-refractivity contribution in [1.29, 1.82) is 0 Å². The van der Waals surface area contributed by atoms with Crippen LogP contribution in [0.25, 0.3) is 0 Å². The number of benzene rings is 1. The Kier molecular flexibility index (Phi) is 3.71. The summed E-state index contributed by atoms with van der Waals surface area (Å²) < 4.78 is 5.67. The Hall–Kier alpha value is -1.08. The van der Waals surface area contributed by atoms with Crippen LogP contribution in [0, 0.1) is 0 Å². The van der Waals surface area contributed by atoms with E-state index in [2.05, 4.69) is 18.7 Å². The normalized spacial score (nSPS) is 12.8. The molecule has 1 nitrogen and oxygen atoms in total. The molecule has 1 aromatic rings. The fraction of sp³-hybridized carbons (Fsp3) is 0.333. The van der Waals surface area contributed by atoms with E-state index in [1.54, 1.807) is 0 Å². The van der Waals surface area contributed by atoms with Gasteiger partial charge in [-0.15, -0.1) is 6.58 Å². The predicted molar refractivity (Wildman–Crippen MR) is 55.6 cm³/mol. The highest BCUT2D eigenvalue weighted by molar-refractivity contribution is 5.20. The molecule has 1 aromatic carbocycles. The first-order valence-corrected chi connectivity index (χ1v) is 4.57. The molecule has 1 unspecified atom stereocenters. The SMILES string of the molecule is C=CC(OC(C)C)c1ccccc1. The summed E-state index contributed by atoms with van der Waals surface area (Å²) in [6.45, 7) is 7.82. The van der Waals surface area contributed by atoms with Gasteiger partial charge in [0.15, 0.2) is 0 Å². The van der Waals surface area contributed by atoms with Crippen molar-refractivity contribution in [3.05, 3.63) is 48.6 Å². The molecule has 0 N–H and O–H groups in total. The van der Waals surface area contributed by atoms with Crippen molar-refractivity contribution in [2.75, 3.05) is 0 Å². The lowest BCUT2D eigenvalue weighted by molar-refractivity contribution is 0.0350. The summed E-state index contributed by atoms with van der Waals surface area (Å²) in [4.78, 5) is 0.